The van der Waals surface area contributed by atoms with Crippen LogP contribution >= 0.6 is 11.8 Å². The SMILES string of the molecule is O=C(c1cccc(F)c1)N1CCN(C(=O)c2occc2CSc2ccccc2)CC1. The smallest absolute Gasteiger partial charge is 0.289 e. The van der Waals surface area contributed by atoms with Gasteiger partial charge in [0.1, 0.15) is 5.82 Å². The number of thioether (sulfide) groups is 1. The quantitative estimate of drug-likeness (QED) is 0.573. The van der Waals surface area contributed by atoms with Crippen LogP contribution in [0, 0.1) is 5.82 Å². The number of furan rings is 1. The van der Waals surface area contributed by atoms with E-state index in [0.29, 0.717) is 43.3 Å². The Hall–Kier alpha value is -3.06. The Bertz CT molecular complexity index is 1030. The van der Waals surface area contributed by atoms with Gasteiger partial charge in [0.15, 0.2) is 5.76 Å². The van der Waals surface area contributed by atoms with Gasteiger partial charge >= 0.3 is 0 Å². The van der Waals surface area contributed by atoms with Gasteiger partial charge in [-0.1, -0.05) is 24.3 Å². The predicted molar refractivity (Wildman–Crippen MR) is 113 cm³/mol. The van der Waals surface area contributed by atoms with Crippen molar-refractivity contribution in [1.29, 1.82) is 0 Å². The summed E-state index contributed by atoms with van der Waals surface area (Å²) < 4.78 is 18.9. The molecule has 0 bridgehead atoms. The van der Waals surface area contributed by atoms with Crippen molar-refractivity contribution in [2.24, 2.45) is 0 Å². The van der Waals surface area contributed by atoms with Crippen molar-refractivity contribution in [1.82, 2.24) is 9.80 Å². The number of hydrogen-bond acceptors (Lipinski definition) is 4. The van der Waals surface area contributed by atoms with Crippen LogP contribution in [0.2, 0.25) is 0 Å². The molecule has 1 aliphatic heterocycles. The Balaban J connectivity index is 1.36. The van der Waals surface area contributed by atoms with Crippen LogP contribution in [0.1, 0.15) is 26.5 Å². The third-order valence-corrected chi connectivity index (χ3v) is 6.07. The first kappa shape index (κ1) is 20.2. The van der Waals surface area contributed by atoms with Gasteiger partial charge < -0.3 is 14.2 Å². The number of rotatable bonds is 5. The van der Waals surface area contributed by atoms with Crippen LogP contribution < -0.4 is 0 Å². The molecule has 0 aliphatic carbocycles. The average molecular weight is 424 g/mol. The van der Waals surface area contributed by atoms with Gasteiger partial charge in [0.25, 0.3) is 11.8 Å². The van der Waals surface area contributed by atoms with E-state index in [1.165, 1.54) is 24.5 Å². The van der Waals surface area contributed by atoms with Crippen LogP contribution in [0.25, 0.3) is 0 Å². The normalized spacial score (nSPS) is 14.0. The Morgan fingerprint density at radius 2 is 1.60 bits per heavy atom. The van der Waals surface area contributed by atoms with Gasteiger partial charge in [-0.2, -0.15) is 0 Å². The summed E-state index contributed by atoms with van der Waals surface area (Å²) in [7, 11) is 0. The molecule has 3 aromatic rings. The number of amides is 2. The monoisotopic (exact) mass is 424 g/mol. The summed E-state index contributed by atoms with van der Waals surface area (Å²) in [6.07, 6.45) is 1.54. The van der Waals surface area contributed by atoms with Crippen molar-refractivity contribution in [3.8, 4) is 0 Å². The molecule has 0 radical (unpaired) electrons. The number of piperazine rings is 1. The third-order valence-electron chi connectivity index (χ3n) is 5.00. The Morgan fingerprint density at radius 3 is 2.30 bits per heavy atom. The van der Waals surface area contributed by atoms with E-state index < -0.39 is 5.82 Å². The van der Waals surface area contributed by atoms with E-state index in [4.69, 9.17) is 4.42 Å². The van der Waals surface area contributed by atoms with E-state index in [0.717, 1.165) is 10.5 Å². The standard InChI is InChI=1S/C23H21FN2O3S/c24-19-6-4-5-17(15-19)22(27)25-10-12-26(13-11-25)23(28)21-18(9-14-29-21)16-30-20-7-2-1-3-8-20/h1-9,14-15H,10-13,16H2. The minimum absolute atomic E-state index is 0.165. The number of nitrogens with zero attached hydrogens (tertiary/aromatic N) is 2. The molecule has 1 saturated heterocycles. The lowest BCUT2D eigenvalue weighted by molar-refractivity contribution is 0.0517. The van der Waals surface area contributed by atoms with Crippen molar-refractivity contribution in [2.75, 3.05) is 26.2 Å². The Morgan fingerprint density at radius 1 is 0.900 bits per heavy atom. The fourth-order valence-electron chi connectivity index (χ4n) is 3.38. The fourth-order valence-corrected chi connectivity index (χ4v) is 4.27. The van der Waals surface area contributed by atoms with E-state index in [1.807, 2.05) is 36.4 Å². The van der Waals surface area contributed by atoms with Crippen LogP contribution in [-0.2, 0) is 5.75 Å². The van der Waals surface area contributed by atoms with Crippen molar-refractivity contribution in [3.05, 3.63) is 89.6 Å². The molecule has 2 amide bonds. The average Bonchev–Trinajstić information content (AvgIpc) is 3.26. The molecular weight excluding hydrogens is 403 g/mol. The predicted octanol–water partition coefficient (Wildman–Crippen LogP) is 4.31. The number of benzene rings is 2. The maximum atomic E-state index is 13.4. The van der Waals surface area contributed by atoms with E-state index >= 15 is 0 Å². The van der Waals surface area contributed by atoms with Gasteiger partial charge in [0.2, 0.25) is 0 Å². The summed E-state index contributed by atoms with van der Waals surface area (Å²) in [5.74, 6) is 0.164. The van der Waals surface area contributed by atoms with Gasteiger partial charge in [-0.3, -0.25) is 9.59 Å². The van der Waals surface area contributed by atoms with E-state index in [1.54, 1.807) is 27.6 Å². The van der Waals surface area contributed by atoms with Crippen LogP contribution in [0.4, 0.5) is 4.39 Å². The van der Waals surface area contributed by atoms with Crippen LogP contribution in [0.5, 0.6) is 0 Å². The maximum absolute atomic E-state index is 13.4. The Labute approximate surface area is 178 Å². The van der Waals surface area contributed by atoms with Crippen molar-refractivity contribution < 1.29 is 18.4 Å². The number of hydrogen-bond donors (Lipinski definition) is 0. The van der Waals surface area contributed by atoms with Gasteiger partial charge in [-0.25, -0.2) is 4.39 Å². The zero-order chi connectivity index (χ0) is 20.9. The molecule has 1 aliphatic rings. The van der Waals surface area contributed by atoms with Crippen molar-refractivity contribution >= 4 is 23.6 Å². The van der Waals surface area contributed by atoms with Gasteiger partial charge in [-0.05, 0) is 36.4 Å². The summed E-state index contributed by atoms with van der Waals surface area (Å²) in [5.41, 5.74) is 1.17. The van der Waals surface area contributed by atoms with E-state index in [2.05, 4.69) is 0 Å². The molecule has 2 heterocycles. The zero-order valence-electron chi connectivity index (χ0n) is 16.3. The minimum Gasteiger partial charge on any atom is -0.459 e. The molecule has 0 N–H and O–H groups in total. The lowest BCUT2D eigenvalue weighted by Gasteiger charge is -2.34. The highest BCUT2D eigenvalue weighted by Crippen LogP contribution is 2.26. The second-order valence-electron chi connectivity index (χ2n) is 6.97. The summed E-state index contributed by atoms with van der Waals surface area (Å²) in [6, 6.07) is 17.5. The van der Waals surface area contributed by atoms with Gasteiger partial charge in [-0.15, -0.1) is 11.8 Å². The van der Waals surface area contributed by atoms with E-state index in [-0.39, 0.29) is 11.8 Å². The van der Waals surface area contributed by atoms with Crippen molar-refractivity contribution in [2.45, 2.75) is 10.6 Å². The molecule has 30 heavy (non-hydrogen) atoms. The molecule has 1 aromatic heterocycles. The molecule has 0 spiro atoms. The summed E-state index contributed by atoms with van der Waals surface area (Å²) in [6.45, 7) is 1.61. The topological polar surface area (TPSA) is 53.8 Å². The molecule has 154 valence electrons. The number of carbonyl (C=O) groups is 2. The number of halogens is 1. The minimum atomic E-state index is -0.437. The lowest BCUT2D eigenvalue weighted by Crippen LogP contribution is -2.50. The molecule has 1 fully saturated rings. The zero-order valence-corrected chi connectivity index (χ0v) is 17.1. The second kappa shape index (κ2) is 9.17. The highest BCUT2D eigenvalue weighted by Gasteiger charge is 2.28. The van der Waals surface area contributed by atoms with Crippen LogP contribution in [-0.4, -0.2) is 47.8 Å². The highest BCUT2D eigenvalue weighted by molar-refractivity contribution is 7.98. The fraction of sp³-hybridized carbons (Fsp3) is 0.217. The Kier molecular flexibility index (Phi) is 6.18. The molecule has 0 saturated carbocycles. The first-order valence-electron chi connectivity index (χ1n) is 9.70. The first-order chi connectivity index (χ1) is 14.6. The van der Waals surface area contributed by atoms with Crippen LogP contribution in [0.15, 0.2) is 76.2 Å². The molecule has 0 atom stereocenters. The molecule has 5 nitrogen and oxygen atoms in total. The summed E-state index contributed by atoms with van der Waals surface area (Å²) >= 11 is 1.65. The summed E-state index contributed by atoms with van der Waals surface area (Å²) in [4.78, 5) is 30.0. The van der Waals surface area contributed by atoms with Crippen molar-refractivity contribution in [3.63, 3.8) is 0 Å². The second-order valence-corrected chi connectivity index (χ2v) is 8.02. The third kappa shape index (κ3) is 4.57. The molecule has 4 rings (SSSR count). The summed E-state index contributed by atoms with van der Waals surface area (Å²) in [5, 5.41) is 0. The molecule has 0 unspecified atom stereocenters. The lowest BCUT2D eigenvalue weighted by atomic mass is 10.1. The number of carbonyl (C=O) groups excluding carboxylic acids is 2. The molecule has 2 aromatic carbocycles. The molecule has 7 heteroatoms. The van der Waals surface area contributed by atoms with E-state index in [9.17, 15) is 14.0 Å². The highest BCUT2D eigenvalue weighted by atomic mass is 32.2. The maximum Gasteiger partial charge on any atom is 0.289 e. The van der Waals surface area contributed by atoms with Gasteiger partial charge in [0, 0.05) is 48.0 Å². The van der Waals surface area contributed by atoms with Crippen LogP contribution in [0.3, 0.4) is 0 Å². The molecular formula is C23H21FN2O3S. The largest absolute Gasteiger partial charge is 0.459 e. The van der Waals surface area contributed by atoms with Gasteiger partial charge in [0.05, 0.1) is 6.26 Å². The first-order valence-corrected chi connectivity index (χ1v) is 10.7.